The third kappa shape index (κ3) is 7.95. The number of hydrogen-bond acceptors (Lipinski definition) is 5. The summed E-state index contributed by atoms with van der Waals surface area (Å²) in [5.41, 5.74) is 4.25. The summed E-state index contributed by atoms with van der Waals surface area (Å²) in [7, 11) is 0. The molecule has 1 saturated carbocycles. The van der Waals surface area contributed by atoms with E-state index >= 15 is 0 Å². The average Bonchev–Trinajstić information content (AvgIpc) is 2.90. The van der Waals surface area contributed by atoms with Gasteiger partial charge in [-0.2, -0.15) is 0 Å². The first kappa shape index (κ1) is 31.6. The van der Waals surface area contributed by atoms with E-state index in [1.165, 1.54) is 0 Å². The van der Waals surface area contributed by atoms with Crippen molar-refractivity contribution in [3.05, 3.63) is 94.5 Å². The summed E-state index contributed by atoms with van der Waals surface area (Å²) in [4.78, 5) is 43.7. The molecule has 4 rings (SSSR count). The van der Waals surface area contributed by atoms with Crippen molar-refractivity contribution in [1.82, 2.24) is 10.2 Å². The van der Waals surface area contributed by atoms with E-state index in [4.69, 9.17) is 4.74 Å². The van der Waals surface area contributed by atoms with Crippen LogP contribution in [0.3, 0.4) is 0 Å². The van der Waals surface area contributed by atoms with Gasteiger partial charge in [-0.3, -0.25) is 9.59 Å². The molecule has 3 aromatic carbocycles. The highest BCUT2D eigenvalue weighted by molar-refractivity contribution is 5.99. The van der Waals surface area contributed by atoms with Crippen LogP contribution in [0.25, 0.3) is 0 Å². The van der Waals surface area contributed by atoms with E-state index in [0.717, 1.165) is 47.1 Å². The summed E-state index contributed by atoms with van der Waals surface area (Å²) >= 11 is 0. The van der Waals surface area contributed by atoms with Gasteiger partial charge in [0.05, 0.1) is 0 Å². The lowest BCUT2D eigenvalue weighted by Gasteiger charge is -2.44. The van der Waals surface area contributed by atoms with Crippen molar-refractivity contribution in [2.45, 2.75) is 91.0 Å². The topological polar surface area (TPSA) is 108 Å². The first-order chi connectivity index (χ1) is 20.3. The molecule has 1 aliphatic carbocycles. The minimum absolute atomic E-state index is 0.102. The van der Waals surface area contributed by atoms with Crippen molar-refractivity contribution in [2.24, 2.45) is 0 Å². The number of rotatable bonds is 9. The lowest BCUT2D eigenvalue weighted by molar-refractivity contribution is -0.145. The van der Waals surface area contributed by atoms with Crippen LogP contribution < -0.4 is 10.6 Å². The Morgan fingerprint density at radius 1 is 0.930 bits per heavy atom. The lowest BCUT2D eigenvalue weighted by atomic mass is 9.86. The number of amides is 3. The van der Waals surface area contributed by atoms with Crippen LogP contribution in [0, 0.1) is 20.8 Å². The van der Waals surface area contributed by atoms with Crippen molar-refractivity contribution in [3.63, 3.8) is 0 Å². The molecule has 3 amide bonds. The smallest absolute Gasteiger partial charge is 0.408 e. The van der Waals surface area contributed by atoms with Gasteiger partial charge in [0.1, 0.15) is 23.4 Å². The summed E-state index contributed by atoms with van der Waals surface area (Å²) in [6.07, 6.45) is 1.88. The maximum Gasteiger partial charge on any atom is 0.408 e. The zero-order chi connectivity index (χ0) is 31.3. The van der Waals surface area contributed by atoms with Gasteiger partial charge in [-0.25, -0.2) is 4.79 Å². The summed E-state index contributed by atoms with van der Waals surface area (Å²) in [5, 5.41) is 15.7. The Morgan fingerprint density at radius 2 is 1.58 bits per heavy atom. The van der Waals surface area contributed by atoms with Crippen LogP contribution >= 0.6 is 0 Å². The van der Waals surface area contributed by atoms with Gasteiger partial charge in [-0.15, -0.1) is 0 Å². The number of carbonyl (C=O) groups excluding carboxylic acids is 3. The molecule has 0 radical (unpaired) electrons. The fraction of sp³-hybridized carbons (Fsp3) is 0.400. The number of para-hydroxylation sites is 1. The fourth-order valence-corrected chi connectivity index (χ4v) is 5.28. The number of alkyl carbamates (subject to hydrolysis) is 1. The van der Waals surface area contributed by atoms with Gasteiger partial charge in [-0.1, -0.05) is 48.5 Å². The van der Waals surface area contributed by atoms with Gasteiger partial charge in [-0.05, 0) is 107 Å². The zero-order valence-corrected chi connectivity index (χ0v) is 25.9. The summed E-state index contributed by atoms with van der Waals surface area (Å²) in [6.45, 7) is 11.2. The summed E-state index contributed by atoms with van der Waals surface area (Å²) in [6, 6.07) is 17.7. The lowest BCUT2D eigenvalue weighted by Crippen LogP contribution is -2.57. The van der Waals surface area contributed by atoms with E-state index in [0.29, 0.717) is 5.69 Å². The fourth-order valence-electron chi connectivity index (χ4n) is 5.28. The highest BCUT2D eigenvalue weighted by Crippen LogP contribution is 2.36. The Balaban J connectivity index is 1.79. The number of anilines is 1. The molecule has 1 aliphatic rings. The number of nitrogens with zero attached hydrogens (tertiary/aromatic N) is 1. The molecule has 8 nitrogen and oxygen atoms in total. The number of phenolic OH excluding ortho intramolecular Hbond substituents is 1. The second-order valence-electron chi connectivity index (χ2n) is 12.4. The standard InChI is InChI=1S/C35H43N3O5/c1-22-12-9-15-28(24(22)3)31(32(40)36-29-16-8-7-11-23(29)2)38(26-13-10-14-26)33(41)30(37-34(42)43-35(4,5)6)21-25-17-19-27(39)20-18-25/h7-9,11-12,15-20,26,30-31,39H,10,13-14,21H2,1-6H3,(H,36,40)(H,37,42). The van der Waals surface area contributed by atoms with Crippen molar-refractivity contribution < 1.29 is 24.2 Å². The maximum absolute atomic E-state index is 14.7. The predicted octanol–water partition coefficient (Wildman–Crippen LogP) is 6.51. The second kappa shape index (κ2) is 13.3. The monoisotopic (exact) mass is 585 g/mol. The van der Waals surface area contributed by atoms with Gasteiger partial charge in [0.2, 0.25) is 5.91 Å². The van der Waals surface area contributed by atoms with Crippen molar-refractivity contribution in [3.8, 4) is 5.75 Å². The molecule has 0 bridgehead atoms. The molecule has 3 N–H and O–H groups in total. The highest BCUT2D eigenvalue weighted by atomic mass is 16.6. The first-order valence-corrected chi connectivity index (χ1v) is 14.9. The molecule has 0 spiro atoms. The van der Waals surface area contributed by atoms with Crippen molar-refractivity contribution >= 4 is 23.6 Å². The van der Waals surface area contributed by atoms with E-state index in [-0.39, 0.29) is 30.0 Å². The molecule has 2 atom stereocenters. The van der Waals surface area contributed by atoms with Gasteiger partial charge in [0.15, 0.2) is 0 Å². The van der Waals surface area contributed by atoms with Crippen molar-refractivity contribution in [2.75, 3.05) is 5.32 Å². The maximum atomic E-state index is 14.7. The molecular weight excluding hydrogens is 542 g/mol. The van der Waals surface area contributed by atoms with E-state index < -0.39 is 23.8 Å². The van der Waals surface area contributed by atoms with Crippen LogP contribution in [0.4, 0.5) is 10.5 Å². The normalized spacial score (nSPS) is 14.7. The Hall–Kier alpha value is -4.33. The number of ether oxygens (including phenoxy) is 1. The molecule has 1 fully saturated rings. The molecule has 3 aromatic rings. The van der Waals surface area contributed by atoms with E-state index in [2.05, 4.69) is 10.6 Å². The number of phenols is 1. The molecule has 0 aliphatic heterocycles. The SMILES string of the molecule is Cc1ccccc1NC(=O)C(c1cccc(C)c1C)N(C(=O)C(Cc1ccc(O)cc1)NC(=O)OC(C)(C)C)C1CCC1. The number of benzene rings is 3. The van der Waals surface area contributed by atoms with Gasteiger partial charge < -0.3 is 25.4 Å². The van der Waals surface area contributed by atoms with Crippen LogP contribution in [0.2, 0.25) is 0 Å². The highest BCUT2D eigenvalue weighted by Gasteiger charge is 2.42. The zero-order valence-electron chi connectivity index (χ0n) is 25.9. The predicted molar refractivity (Wildman–Crippen MR) is 168 cm³/mol. The van der Waals surface area contributed by atoms with Crippen LogP contribution in [0.15, 0.2) is 66.7 Å². The number of aryl methyl sites for hydroxylation is 2. The number of carbonyl (C=O) groups is 3. The van der Waals surface area contributed by atoms with E-state index in [1.807, 2.05) is 63.2 Å². The van der Waals surface area contributed by atoms with Gasteiger partial charge >= 0.3 is 6.09 Å². The first-order valence-electron chi connectivity index (χ1n) is 14.9. The Bertz CT molecular complexity index is 1460. The van der Waals surface area contributed by atoms with Gasteiger partial charge in [0.25, 0.3) is 5.91 Å². The molecule has 228 valence electrons. The number of aromatic hydroxyl groups is 1. The van der Waals surface area contributed by atoms with Gasteiger partial charge in [0, 0.05) is 18.2 Å². The summed E-state index contributed by atoms with van der Waals surface area (Å²) in [5.74, 6) is -0.580. The van der Waals surface area contributed by atoms with Crippen LogP contribution in [0.5, 0.6) is 5.75 Å². The molecule has 2 unspecified atom stereocenters. The van der Waals surface area contributed by atoms with Crippen LogP contribution in [-0.2, 0) is 20.7 Å². The molecule has 0 aromatic heterocycles. The van der Waals surface area contributed by atoms with Crippen molar-refractivity contribution in [1.29, 1.82) is 0 Å². The molecule has 0 heterocycles. The minimum Gasteiger partial charge on any atom is -0.508 e. The average molecular weight is 586 g/mol. The van der Waals surface area contributed by atoms with E-state index in [1.54, 1.807) is 49.9 Å². The quantitative estimate of drug-likeness (QED) is 0.265. The summed E-state index contributed by atoms with van der Waals surface area (Å²) < 4.78 is 5.54. The molecular formula is C35H43N3O5. The Labute approximate surface area is 254 Å². The van der Waals surface area contributed by atoms with E-state index in [9.17, 15) is 19.5 Å². The largest absolute Gasteiger partial charge is 0.508 e. The second-order valence-corrected chi connectivity index (χ2v) is 12.4. The Morgan fingerprint density at radius 3 is 2.19 bits per heavy atom. The minimum atomic E-state index is -1.01. The van der Waals surface area contributed by atoms with Crippen LogP contribution in [0.1, 0.15) is 73.9 Å². The Kier molecular flexibility index (Phi) is 9.79. The number of hydrogen-bond donors (Lipinski definition) is 3. The third-order valence-electron chi connectivity index (χ3n) is 7.96. The number of nitrogens with one attached hydrogen (secondary N) is 2. The molecule has 43 heavy (non-hydrogen) atoms. The van der Waals surface area contributed by atoms with Crippen LogP contribution in [-0.4, -0.2) is 45.6 Å². The molecule has 8 heteroatoms. The third-order valence-corrected chi connectivity index (χ3v) is 7.96. The molecule has 0 saturated heterocycles.